The fourth-order valence-electron chi connectivity index (χ4n) is 0.760. The van der Waals surface area contributed by atoms with Crippen LogP contribution in [0.25, 0.3) is 0 Å². The topological polar surface area (TPSA) is 51.4 Å². The summed E-state index contributed by atoms with van der Waals surface area (Å²) >= 11 is 0. The fraction of sp³-hybridized carbons (Fsp3) is 0.667. The molecule has 52 valence electrons. The van der Waals surface area contributed by atoms with Gasteiger partial charge in [-0.3, -0.25) is 0 Å². The van der Waals surface area contributed by atoms with Crippen LogP contribution in [0, 0.1) is 9.71 Å². The molecule has 0 aromatic heterocycles. The summed E-state index contributed by atoms with van der Waals surface area (Å²) in [6, 6.07) is 0. The van der Waals surface area contributed by atoms with E-state index in [2.05, 4.69) is 12.2 Å². The van der Waals surface area contributed by atoms with Gasteiger partial charge in [0.25, 0.3) is 0 Å². The summed E-state index contributed by atoms with van der Waals surface area (Å²) in [7, 11) is 0. The van der Waals surface area contributed by atoms with E-state index >= 15 is 0 Å². The van der Waals surface area contributed by atoms with Crippen LogP contribution >= 0.6 is 0 Å². The minimum absolute atomic E-state index is 1.32. The van der Waals surface area contributed by atoms with Crippen LogP contribution in [0.5, 0.6) is 0 Å². The Kier molecular flexibility index (Phi) is 6.46. The minimum atomic E-state index is 1.32. The molecule has 0 spiro atoms. The molecule has 0 saturated carbocycles. The highest BCUT2D eigenvalue weighted by Crippen LogP contribution is 2.07. The molecule has 1 aliphatic carbocycles. The smallest absolute Gasteiger partial charge is 0.0885 e. The Morgan fingerprint density at radius 1 is 1.22 bits per heavy atom. The van der Waals surface area contributed by atoms with E-state index in [0.29, 0.717) is 0 Å². The lowest BCUT2D eigenvalue weighted by atomic mass is 10.1. The predicted octanol–water partition coefficient (Wildman–Crippen LogP) is 0.995. The van der Waals surface area contributed by atoms with Gasteiger partial charge in [-0.2, -0.15) is 0 Å². The fourth-order valence-corrected chi connectivity index (χ4v) is 0.760. The van der Waals surface area contributed by atoms with Gasteiger partial charge in [-0.1, -0.05) is 22.4 Å². The van der Waals surface area contributed by atoms with Gasteiger partial charge in [0, 0.05) is 0 Å². The normalized spacial score (nSPS) is 15.6. The predicted molar refractivity (Wildman–Crippen MR) is 34.3 cm³/mol. The maximum atomic E-state index is 7.88. The molecule has 0 amide bonds. The van der Waals surface area contributed by atoms with Gasteiger partial charge in [0.2, 0.25) is 0 Å². The number of hydrogen-bond donors (Lipinski definition) is 0. The summed E-state index contributed by atoms with van der Waals surface area (Å²) in [5.74, 6) is 0. The van der Waals surface area contributed by atoms with Crippen LogP contribution in [0.4, 0.5) is 0 Å². The van der Waals surface area contributed by atoms with Crippen LogP contribution in [-0.4, -0.2) is 0 Å². The quantitative estimate of drug-likeness (QED) is 0.212. The van der Waals surface area contributed by atoms with Gasteiger partial charge < -0.3 is 0 Å². The van der Waals surface area contributed by atoms with Crippen LogP contribution in [0.2, 0.25) is 0 Å². The van der Waals surface area contributed by atoms with Crippen LogP contribution < -0.4 is 5.26 Å². The van der Waals surface area contributed by atoms with Crippen LogP contribution in [0.15, 0.2) is 12.2 Å². The van der Waals surface area contributed by atoms with Gasteiger partial charge >= 0.3 is 0 Å². The highest BCUT2D eigenvalue weighted by Gasteiger charge is 1.87. The Hall–Kier alpha value is -0.860. The zero-order chi connectivity index (χ0) is 6.95. The first-order chi connectivity index (χ1) is 4.41. The lowest BCUT2D eigenvalue weighted by molar-refractivity contribution is -0.284. The average molecular weight is 130 g/mol. The molecule has 3 heteroatoms. The second-order valence-corrected chi connectivity index (χ2v) is 1.82. The van der Waals surface area contributed by atoms with E-state index in [9.17, 15) is 0 Å². The summed E-state index contributed by atoms with van der Waals surface area (Å²) in [6.07, 6.45) is 10.0. The van der Waals surface area contributed by atoms with Crippen molar-refractivity contribution in [3.8, 4) is 0 Å². The van der Waals surface area contributed by atoms with Crippen molar-refractivity contribution in [3.63, 3.8) is 0 Å². The van der Waals surface area contributed by atoms with Crippen molar-refractivity contribution in [1.82, 2.24) is 0 Å². The van der Waals surface area contributed by atoms with Crippen molar-refractivity contribution in [1.29, 1.82) is 0 Å². The Morgan fingerprint density at radius 3 is 1.67 bits per heavy atom. The Labute approximate surface area is 53.8 Å². The lowest BCUT2D eigenvalue weighted by Crippen LogP contribution is -1.82. The van der Waals surface area contributed by atoms with Crippen LogP contribution in [-0.2, 0) is 0 Å². The third-order valence-electron chi connectivity index (χ3n) is 1.16. The van der Waals surface area contributed by atoms with Gasteiger partial charge in [-0.05, 0) is 25.7 Å². The molecule has 1 rings (SSSR count). The molecule has 0 saturated heterocycles. The summed E-state index contributed by atoms with van der Waals surface area (Å²) in [6.45, 7) is 0. The second kappa shape index (κ2) is 7.14. The van der Waals surface area contributed by atoms with Crippen LogP contribution in [0.1, 0.15) is 25.7 Å². The molecule has 0 radical (unpaired) electrons. The molecular formula is C6H10O3. The average Bonchev–Trinajstić information content (AvgIpc) is 1.93. The standard InChI is InChI=1S/C6H10.O3/c1-2-4-6-5-3-1;1-3-2/h1-2H,3-6H2;. The van der Waals surface area contributed by atoms with Gasteiger partial charge in [-0.25, -0.2) is 0 Å². The van der Waals surface area contributed by atoms with Gasteiger partial charge in [0.1, 0.15) is 0 Å². The molecule has 0 atom stereocenters. The Bertz CT molecular complexity index is 80.3. The highest BCUT2D eigenvalue weighted by atomic mass is 17.2. The van der Waals surface area contributed by atoms with Gasteiger partial charge in [-0.15, -0.1) is 0 Å². The molecule has 0 N–H and O–H groups in total. The monoisotopic (exact) mass is 130 g/mol. The van der Waals surface area contributed by atoms with E-state index in [0.717, 1.165) is 0 Å². The third-order valence-corrected chi connectivity index (χ3v) is 1.16. The lowest BCUT2D eigenvalue weighted by Gasteiger charge is -1.97. The molecule has 0 fully saturated rings. The third kappa shape index (κ3) is 7.14. The summed E-state index contributed by atoms with van der Waals surface area (Å²) in [5, 5.41) is 7.88. The first-order valence-corrected chi connectivity index (χ1v) is 2.98. The van der Waals surface area contributed by atoms with Crippen molar-refractivity contribution >= 4 is 0 Å². The van der Waals surface area contributed by atoms with Crippen molar-refractivity contribution in [3.05, 3.63) is 21.9 Å². The molecule has 0 unspecified atom stereocenters. The molecule has 3 nitrogen and oxygen atoms in total. The maximum absolute atomic E-state index is 7.88. The maximum Gasteiger partial charge on any atom is 0.154 e. The number of hydrogen-bond acceptors (Lipinski definition) is 2. The van der Waals surface area contributed by atoms with Gasteiger partial charge in [0.05, 0.1) is 0 Å². The number of allylic oxidation sites excluding steroid dienone is 2. The Morgan fingerprint density at radius 2 is 1.56 bits per heavy atom. The largest absolute Gasteiger partial charge is 0.154 e. The summed E-state index contributed by atoms with van der Waals surface area (Å²) < 4.78 is 1.75. The molecular weight excluding hydrogens is 120 g/mol. The van der Waals surface area contributed by atoms with Crippen molar-refractivity contribution in [2.45, 2.75) is 25.7 Å². The van der Waals surface area contributed by atoms with E-state index in [1.807, 2.05) is 0 Å². The van der Waals surface area contributed by atoms with Crippen molar-refractivity contribution in [2.24, 2.45) is 0 Å². The molecule has 9 heavy (non-hydrogen) atoms. The molecule has 0 aliphatic heterocycles. The summed E-state index contributed by atoms with van der Waals surface area (Å²) in [4.78, 5) is 7.88. The molecule has 0 aromatic rings. The van der Waals surface area contributed by atoms with Crippen molar-refractivity contribution in [2.75, 3.05) is 0 Å². The van der Waals surface area contributed by atoms with E-state index < -0.39 is 0 Å². The molecule has 1 aliphatic rings. The highest BCUT2D eigenvalue weighted by molar-refractivity contribution is 4.85. The molecule has 0 bridgehead atoms. The van der Waals surface area contributed by atoms with Gasteiger partial charge in [0.15, 0.2) is 4.75 Å². The number of rotatable bonds is 0. The summed E-state index contributed by atoms with van der Waals surface area (Å²) in [5.41, 5.74) is 0. The van der Waals surface area contributed by atoms with Crippen LogP contribution in [0.3, 0.4) is 0 Å². The van der Waals surface area contributed by atoms with E-state index in [1.54, 1.807) is 4.75 Å². The van der Waals surface area contributed by atoms with Crippen molar-refractivity contribution < 1.29 is 5.26 Å². The first-order valence-electron chi connectivity index (χ1n) is 2.98. The first kappa shape index (κ1) is 8.14. The molecule has 0 aromatic carbocycles. The minimum Gasteiger partial charge on any atom is -0.0885 e. The molecule has 0 heterocycles. The second-order valence-electron chi connectivity index (χ2n) is 1.82. The zero-order valence-corrected chi connectivity index (χ0v) is 5.21. The SMILES string of the molecule is C1=CCCCC1.O=[O+][O-]. The van der Waals surface area contributed by atoms with E-state index in [1.165, 1.54) is 25.7 Å². The zero-order valence-electron chi connectivity index (χ0n) is 5.21. The Balaban J connectivity index is 0.000000187. The van der Waals surface area contributed by atoms with E-state index in [4.69, 9.17) is 10.2 Å². The van der Waals surface area contributed by atoms with E-state index in [-0.39, 0.29) is 0 Å².